The maximum atomic E-state index is 6.06. The van der Waals surface area contributed by atoms with E-state index in [1.54, 1.807) is 7.11 Å². The van der Waals surface area contributed by atoms with Crippen molar-refractivity contribution in [2.24, 2.45) is 5.92 Å². The van der Waals surface area contributed by atoms with Gasteiger partial charge in [-0.1, -0.05) is 13.3 Å². The molecule has 0 bridgehead atoms. The number of nitrogens with zero attached hydrogens (tertiary/aromatic N) is 3. The second-order valence-corrected chi connectivity index (χ2v) is 5.01. The van der Waals surface area contributed by atoms with Gasteiger partial charge in [-0.15, -0.1) is 0 Å². The molecule has 1 saturated carbocycles. The Morgan fingerprint density at radius 3 is 2.83 bits per heavy atom. The molecule has 0 radical (unpaired) electrons. The van der Waals surface area contributed by atoms with E-state index in [9.17, 15) is 0 Å². The van der Waals surface area contributed by atoms with Crippen LogP contribution < -0.4 is 10.5 Å². The number of fused-ring (bicyclic) bond motifs is 1. The first-order valence-corrected chi connectivity index (χ1v) is 6.39. The SMILES string of the molecule is COc1ccc2nc(N)n(C3CCCC3C)c2n1. The molecule has 0 saturated heterocycles. The third-order valence-electron chi connectivity index (χ3n) is 3.90. The molecule has 18 heavy (non-hydrogen) atoms. The fourth-order valence-corrected chi connectivity index (χ4v) is 2.92. The lowest BCUT2D eigenvalue weighted by atomic mass is 10.1. The molecule has 2 unspecified atom stereocenters. The maximum Gasteiger partial charge on any atom is 0.215 e. The largest absolute Gasteiger partial charge is 0.481 e. The van der Waals surface area contributed by atoms with E-state index in [1.165, 1.54) is 12.8 Å². The van der Waals surface area contributed by atoms with E-state index in [2.05, 4.69) is 21.5 Å². The Balaban J connectivity index is 2.17. The molecule has 2 heterocycles. The Morgan fingerprint density at radius 1 is 1.33 bits per heavy atom. The summed E-state index contributed by atoms with van der Waals surface area (Å²) < 4.78 is 7.26. The van der Waals surface area contributed by atoms with Gasteiger partial charge < -0.3 is 10.5 Å². The molecule has 1 fully saturated rings. The quantitative estimate of drug-likeness (QED) is 0.883. The highest BCUT2D eigenvalue weighted by atomic mass is 16.5. The number of methoxy groups -OCH3 is 1. The minimum absolute atomic E-state index is 0.412. The minimum atomic E-state index is 0.412. The molecular formula is C13H18N4O. The van der Waals surface area contributed by atoms with Crippen LogP contribution in [-0.4, -0.2) is 21.6 Å². The highest BCUT2D eigenvalue weighted by Crippen LogP contribution is 2.38. The summed E-state index contributed by atoms with van der Waals surface area (Å²) >= 11 is 0. The molecule has 0 aliphatic heterocycles. The number of ether oxygens (including phenoxy) is 1. The number of imidazole rings is 1. The molecule has 5 nitrogen and oxygen atoms in total. The van der Waals surface area contributed by atoms with Crippen LogP contribution in [0.4, 0.5) is 5.95 Å². The van der Waals surface area contributed by atoms with Crippen LogP contribution in [-0.2, 0) is 0 Å². The van der Waals surface area contributed by atoms with Crippen LogP contribution in [0.15, 0.2) is 12.1 Å². The first kappa shape index (κ1) is 11.3. The molecule has 2 aromatic rings. The Hall–Kier alpha value is -1.78. The second-order valence-electron chi connectivity index (χ2n) is 5.01. The zero-order valence-corrected chi connectivity index (χ0v) is 10.8. The van der Waals surface area contributed by atoms with Gasteiger partial charge in [-0.3, -0.25) is 4.57 Å². The number of hydrogen-bond donors (Lipinski definition) is 1. The van der Waals surface area contributed by atoms with Crippen molar-refractivity contribution in [3.05, 3.63) is 12.1 Å². The van der Waals surface area contributed by atoms with Crippen molar-refractivity contribution in [2.45, 2.75) is 32.2 Å². The monoisotopic (exact) mass is 246 g/mol. The lowest BCUT2D eigenvalue weighted by Crippen LogP contribution is -2.14. The smallest absolute Gasteiger partial charge is 0.215 e. The van der Waals surface area contributed by atoms with Gasteiger partial charge in [-0.05, 0) is 24.8 Å². The van der Waals surface area contributed by atoms with Crippen molar-refractivity contribution in [1.82, 2.24) is 14.5 Å². The van der Waals surface area contributed by atoms with Crippen LogP contribution in [0.2, 0.25) is 0 Å². The van der Waals surface area contributed by atoms with E-state index >= 15 is 0 Å². The standard InChI is InChI=1S/C13H18N4O/c1-8-4-3-5-10(8)17-12-9(15-13(17)14)6-7-11(16-12)18-2/h6-8,10H,3-5H2,1-2H3,(H2,14,15). The van der Waals surface area contributed by atoms with Gasteiger partial charge in [0, 0.05) is 12.1 Å². The molecule has 0 spiro atoms. The molecule has 2 aromatic heterocycles. The van der Waals surface area contributed by atoms with E-state index in [-0.39, 0.29) is 0 Å². The number of nitrogens with two attached hydrogens (primary N) is 1. The van der Waals surface area contributed by atoms with Crippen LogP contribution in [0.25, 0.3) is 11.2 Å². The summed E-state index contributed by atoms with van der Waals surface area (Å²) in [6.07, 6.45) is 3.64. The second kappa shape index (κ2) is 4.15. The number of rotatable bonds is 2. The normalized spacial score (nSPS) is 23.7. The molecule has 0 amide bonds. The van der Waals surface area contributed by atoms with Gasteiger partial charge >= 0.3 is 0 Å². The minimum Gasteiger partial charge on any atom is -0.481 e. The molecule has 1 aliphatic rings. The number of anilines is 1. The van der Waals surface area contributed by atoms with E-state index in [1.807, 2.05) is 12.1 Å². The fourth-order valence-electron chi connectivity index (χ4n) is 2.92. The third-order valence-corrected chi connectivity index (χ3v) is 3.90. The summed E-state index contributed by atoms with van der Waals surface area (Å²) in [5.41, 5.74) is 7.74. The number of aromatic nitrogens is 3. The summed E-state index contributed by atoms with van der Waals surface area (Å²) in [5.74, 6) is 1.79. The van der Waals surface area contributed by atoms with Crippen LogP contribution in [0, 0.1) is 5.92 Å². The zero-order chi connectivity index (χ0) is 12.7. The van der Waals surface area contributed by atoms with E-state index in [4.69, 9.17) is 10.5 Å². The van der Waals surface area contributed by atoms with Gasteiger partial charge in [0.2, 0.25) is 11.8 Å². The van der Waals surface area contributed by atoms with Crippen molar-refractivity contribution >= 4 is 17.1 Å². The van der Waals surface area contributed by atoms with Gasteiger partial charge in [0.25, 0.3) is 0 Å². The topological polar surface area (TPSA) is 66.0 Å². The van der Waals surface area contributed by atoms with Crippen LogP contribution in [0.3, 0.4) is 0 Å². The Bertz CT molecular complexity index is 578. The molecule has 1 aliphatic carbocycles. The van der Waals surface area contributed by atoms with Crippen molar-refractivity contribution < 1.29 is 4.74 Å². The van der Waals surface area contributed by atoms with E-state index < -0.39 is 0 Å². The molecule has 2 atom stereocenters. The van der Waals surface area contributed by atoms with Crippen LogP contribution in [0.5, 0.6) is 5.88 Å². The van der Waals surface area contributed by atoms with Crippen molar-refractivity contribution in [2.75, 3.05) is 12.8 Å². The predicted molar refractivity (Wildman–Crippen MR) is 70.5 cm³/mol. The van der Waals surface area contributed by atoms with Gasteiger partial charge in [0.15, 0.2) is 5.65 Å². The molecule has 3 rings (SSSR count). The highest BCUT2D eigenvalue weighted by molar-refractivity contribution is 5.75. The van der Waals surface area contributed by atoms with Crippen LogP contribution in [0.1, 0.15) is 32.2 Å². The summed E-state index contributed by atoms with van der Waals surface area (Å²) in [5, 5.41) is 0. The third kappa shape index (κ3) is 1.62. The van der Waals surface area contributed by atoms with E-state index in [0.29, 0.717) is 23.8 Å². The zero-order valence-electron chi connectivity index (χ0n) is 10.8. The lowest BCUT2D eigenvalue weighted by molar-refractivity contribution is 0.394. The Kier molecular flexibility index (Phi) is 2.61. The van der Waals surface area contributed by atoms with Gasteiger partial charge in [-0.2, -0.15) is 4.98 Å². The van der Waals surface area contributed by atoms with Crippen molar-refractivity contribution in [3.8, 4) is 5.88 Å². The first-order chi connectivity index (χ1) is 8.70. The molecular weight excluding hydrogens is 228 g/mol. The number of hydrogen-bond acceptors (Lipinski definition) is 4. The lowest BCUT2D eigenvalue weighted by Gasteiger charge is -2.18. The number of pyridine rings is 1. The molecule has 5 heteroatoms. The first-order valence-electron chi connectivity index (χ1n) is 6.39. The van der Waals surface area contributed by atoms with Gasteiger partial charge in [-0.25, -0.2) is 4.98 Å². The molecule has 0 aromatic carbocycles. The molecule has 2 N–H and O–H groups in total. The predicted octanol–water partition coefficient (Wildman–Crippen LogP) is 2.38. The summed E-state index contributed by atoms with van der Waals surface area (Å²) in [7, 11) is 1.62. The summed E-state index contributed by atoms with van der Waals surface area (Å²) in [4.78, 5) is 8.88. The van der Waals surface area contributed by atoms with Crippen molar-refractivity contribution in [3.63, 3.8) is 0 Å². The van der Waals surface area contributed by atoms with Gasteiger partial charge in [0.05, 0.1) is 7.11 Å². The average molecular weight is 246 g/mol. The number of nitrogen functional groups attached to an aromatic ring is 1. The summed E-state index contributed by atoms with van der Waals surface area (Å²) in [6.45, 7) is 2.27. The maximum absolute atomic E-state index is 6.06. The fraction of sp³-hybridized carbons (Fsp3) is 0.538. The van der Waals surface area contributed by atoms with Crippen molar-refractivity contribution in [1.29, 1.82) is 0 Å². The molecule has 96 valence electrons. The average Bonchev–Trinajstić information content (AvgIpc) is 2.90. The van der Waals surface area contributed by atoms with Gasteiger partial charge in [0.1, 0.15) is 5.52 Å². The van der Waals surface area contributed by atoms with E-state index in [0.717, 1.165) is 17.6 Å². The van der Waals surface area contributed by atoms with Crippen LogP contribution >= 0.6 is 0 Å². The summed E-state index contributed by atoms with van der Waals surface area (Å²) in [6, 6.07) is 4.14. The Labute approximate surface area is 106 Å². The Morgan fingerprint density at radius 2 is 2.17 bits per heavy atom. The highest BCUT2D eigenvalue weighted by Gasteiger charge is 2.28.